The van der Waals surface area contributed by atoms with Crippen LogP contribution in [0.1, 0.15) is 215 Å². The zero-order valence-electron chi connectivity index (χ0n) is 60.4. The molecule has 0 aromatic heterocycles. The van der Waals surface area contributed by atoms with E-state index in [-0.39, 0.29) is 23.8 Å². The molecule has 0 unspecified atom stereocenters. The SMILES string of the molecule is CCCCCC(CCCCC)N1C(=O)c2ccc3c4ccc5c6c(ccc(c7ccc(c2c37)C1=O)c64)C(=O)N(c1cc2c(OCCC)c(c1)Cc1cccc(c1OCCC)Cc1cc(NC(=O)c3ccc4ccc6cccc7ccc3c4c67)cc(c1OCCC)Cc1cccc(c1OCCC)C2)C5=O. The van der Waals surface area contributed by atoms with Crippen molar-refractivity contribution in [3.05, 3.63) is 236 Å². The van der Waals surface area contributed by atoms with Gasteiger partial charge >= 0.3 is 0 Å². The number of fused-ring (bicyclic) bond motifs is 10. The molecule has 1 aliphatic carbocycles. The summed E-state index contributed by atoms with van der Waals surface area (Å²) in [5, 5.41) is 16.0. The van der Waals surface area contributed by atoms with Gasteiger partial charge in [0, 0.05) is 98.3 Å². The van der Waals surface area contributed by atoms with Crippen LogP contribution in [0.15, 0.2) is 164 Å². The maximum Gasteiger partial charge on any atom is 0.265 e. The summed E-state index contributed by atoms with van der Waals surface area (Å²) in [6, 6.07) is 54.5. The monoisotopic (exact) mass is 1380 g/mol. The summed E-state index contributed by atoms with van der Waals surface area (Å²) in [5.41, 5.74) is 10.4. The lowest BCUT2D eigenvalue weighted by Crippen LogP contribution is -2.47. The molecule has 5 amide bonds. The van der Waals surface area contributed by atoms with Crippen molar-refractivity contribution in [1.29, 1.82) is 0 Å². The van der Waals surface area contributed by atoms with Gasteiger partial charge in [0.1, 0.15) is 23.0 Å². The predicted octanol–water partition coefficient (Wildman–Crippen LogP) is 21.6. The highest BCUT2D eigenvalue weighted by Crippen LogP contribution is 2.49. The molecule has 2 heterocycles. The molecular formula is C92H87N3O9. The minimum absolute atomic E-state index is 0.187. The van der Waals surface area contributed by atoms with Gasteiger partial charge in [-0.25, -0.2) is 4.90 Å². The average Bonchev–Trinajstić information content (AvgIpc) is 0.688. The standard InChI is InChI=1S/C92H87N3O9/c1-7-13-15-26-66(27-16-14-8-2)94-89(97)74-38-34-68-70-36-40-76-83-77(41-37-71(81(70)83)69-35-39-75(90(94)98)82(74)80(68)69)92(100)95(91(76)99)67-52-63-48-59-24-18-22-57(84(59)101-42-9-3)46-61-50-65(93-88(96)73-33-31-56-29-28-54-20-17-21-55-30-32-72(73)79(56)78(54)55)51-62(86(61)103-44-11-5)47-58-23-19-25-60(85(58)102-43-10-4)49-64(53-67)87(63)104-45-12-6/h17-25,28-41,50-53,66H,7-16,26-27,42-49H2,1-6H3,(H,93,96). The van der Waals surface area contributed by atoms with Gasteiger partial charge < -0.3 is 24.3 Å². The Morgan fingerprint density at radius 1 is 0.365 bits per heavy atom. The number of imide groups is 2. The molecule has 16 rings (SSSR count). The summed E-state index contributed by atoms with van der Waals surface area (Å²) in [6.45, 7) is 14.5. The molecule has 3 aliphatic rings. The molecule has 104 heavy (non-hydrogen) atoms. The molecule has 0 saturated heterocycles. The van der Waals surface area contributed by atoms with Crippen molar-refractivity contribution in [3.63, 3.8) is 0 Å². The van der Waals surface area contributed by atoms with E-state index in [0.29, 0.717) is 119 Å². The molecule has 0 fully saturated rings. The van der Waals surface area contributed by atoms with E-state index < -0.39 is 11.8 Å². The molecule has 13 aromatic carbocycles. The number of carbonyl (C=O) groups excluding carboxylic acids is 5. The summed E-state index contributed by atoms with van der Waals surface area (Å²) in [7, 11) is 0. The predicted molar refractivity (Wildman–Crippen MR) is 420 cm³/mol. The van der Waals surface area contributed by atoms with Crippen molar-refractivity contribution in [1.82, 2.24) is 4.90 Å². The van der Waals surface area contributed by atoms with Crippen LogP contribution in [0.2, 0.25) is 0 Å². The number of anilines is 2. The third-order valence-electron chi connectivity index (χ3n) is 21.8. The highest BCUT2D eigenvalue weighted by Gasteiger charge is 2.41. The second kappa shape index (κ2) is 28.4. The van der Waals surface area contributed by atoms with Crippen LogP contribution in [-0.4, -0.2) is 66.9 Å². The van der Waals surface area contributed by atoms with Gasteiger partial charge in [-0.05, 0) is 180 Å². The lowest BCUT2D eigenvalue weighted by atomic mass is 9.82. The maximum atomic E-state index is 16.0. The molecule has 12 heteroatoms. The lowest BCUT2D eigenvalue weighted by Gasteiger charge is -2.35. The number of benzene rings is 13. The Labute approximate surface area is 606 Å². The maximum absolute atomic E-state index is 16.0. The van der Waals surface area contributed by atoms with Crippen molar-refractivity contribution in [3.8, 4) is 23.0 Å². The van der Waals surface area contributed by atoms with Crippen molar-refractivity contribution >= 4 is 116 Å². The van der Waals surface area contributed by atoms with Crippen molar-refractivity contribution in [2.75, 3.05) is 36.6 Å². The number of hydrogen-bond donors (Lipinski definition) is 1. The zero-order valence-corrected chi connectivity index (χ0v) is 60.4. The van der Waals surface area contributed by atoms with Crippen molar-refractivity contribution in [2.45, 2.75) is 150 Å². The smallest absolute Gasteiger partial charge is 0.265 e. The molecule has 0 saturated carbocycles. The Kier molecular flexibility index (Phi) is 18.5. The number of para-hydroxylation sites is 2. The number of hydrogen-bond acceptors (Lipinski definition) is 9. The van der Waals surface area contributed by atoms with Crippen LogP contribution in [-0.2, 0) is 25.7 Å². The Morgan fingerprint density at radius 2 is 0.731 bits per heavy atom. The van der Waals surface area contributed by atoms with Gasteiger partial charge in [-0.1, -0.05) is 189 Å². The molecule has 524 valence electrons. The van der Waals surface area contributed by atoms with E-state index >= 15 is 14.4 Å². The molecule has 0 radical (unpaired) electrons. The second-order valence-corrected chi connectivity index (χ2v) is 28.8. The summed E-state index contributed by atoms with van der Waals surface area (Å²) in [5.74, 6) is 1.21. The molecule has 2 aliphatic heterocycles. The largest absolute Gasteiger partial charge is 0.493 e. The second-order valence-electron chi connectivity index (χ2n) is 28.8. The number of unbranched alkanes of at least 4 members (excludes halogenated alkanes) is 4. The number of ether oxygens (including phenoxy) is 4. The van der Waals surface area contributed by atoms with Crippen LogP contribution in [0.25, 0.3) is 75.4 Å². The van der Waals surface area contributed by atoms with Gasteiger partial charge in [0.25, 0.3) is 29.5 Å². The molecular weight excluding hydrogens is 1290 g/mol. The lowest BCUT2D eigenvalue weighted by molar-refractivity contribution is 0.0516. The van der Waals surface area contributed by atoms with Crippen LogP contribution >= 0.6 is 0 Å². The van der Waals surface area contributed by atoms with Gasteiger partial charge in [0.05, 0.1) is 32.1 Å². The minimum Gasteiger partial charge on any atom is -0.493 e. The molecule has 13 aromatic rings. The molecule has 0 atom stereocenters. The van der Waals surface area contributed by atoms with E-state index in [4.69, 9.17) is 18.9 Å². The Balaban J connectivity index is 0.818. The number of amides is 5. The van der Waals surface area contributed by atoms with Gasteiger partial charge in [-0.2, -0.15) is 0 Å². The van der Waals surface area contributed by atoms with Crippen LogP contribution in [0.4, 0.5) is 11.4 Å². The highest BCUT2D eigenvalue weighted by atomic mass is 16.5. The summed E-state index contributed by atoms with van der Waals surface area (Å²) >= 11 is 0. The zero-order chi connectivity index (χ0) is 71.4. The van der Waals surface area contributed by atoms with E-state index in [0.717, 1.165) is 192 Å². The van der Waals surface area contributed by atoms with Gasteiger partial charge in [-0.3, -0.25) is 28.9 Å². The summed E-state index contributed by atoms with van der Waals surface area (Å²) < 4.78 is 27.8. The van der Waals surface area contributed by atoms with Gasteiger partial charge in [0.2, 0.25) is 0 Å². The fourth-order valence-electron chi connectivity index (χ4n) is 17.1. The first-order valence-electron chi connectivity index (χ1n) is 37.9. The molecule has 1 N–H and O–H groups in total. The molecule has 0 spiro atoms. The van der Waals surface area contributed by atoms with Gasteiger partial charge in [-0.15, -0.1) is 0 Å². The third-order valence-corrected chi connectivity index (χ3v) is 21.8. The number of nitrogens with zero attached hydrogens (tertiary/aromatic N) is 2. The van der Waals surface area contributed by atoms with E-state index in [9.17, 15) is 9.59 Å². The van der Waals surface area contributed by atoms with Crippen LogP contribution in [0.5, 0.6) is 23.0 Å². The quantitative estimate of drug-likeness (QED) is 0.0271. The Hall–Kier alpha value is -10.9. The Bertz CT molecular complexity index is 5360. The molecule has 12 nitrogen and oxygen atoms in total. The first-order chi connectivity index (χ1) is 50.9. The van der Waals surface area contributed by atoms with Crippen LogP contribution in [0, 0.1) is 0 Å². The number of carbonyl (C=O) groups is 5. The fourth-order valence-corrected chi connectivity index (χ4v) is 17.1. The number of rotatable bonds is 24. The van der Waals surface area contributed by atoms with E-state index in [1.54, 1.807) is 4.90 Å². The van der Waals surface area contributed by atoms with E-state index in [2.05, 4.69) is 138 Å². The fraction of sp³-hybridized carbons (Fsp3) is 0.293. The number of nitrogens with one attached hydrogen (secondary N) is 1. The third kappa shape index (κ3) is 11.7. The van der Waals surface area contributed by atoms with Gasteiger partial charge in [0.15, 0.2) is 0 Å². The summed E-state index contributed by atoms with van der Waals surface area (Å²) in [4.78, 5) is 79.7. The van der Waals surface area contributed by atoms with Crippen molar-refractivity contribution in [2.24, 2.45) is 0 Å². The first kappa shape index (κ1) is 67.6. The minimum atomic E-state index is -0.455. The van der Waals surface area contributed by atoms with E-state index in [1.807, 2.05) is 72.8 Å². The first-order valence-corrected chi connectivity index (χ1v) is 37.9. The molecule has 8 bridgehead atoms. The Morgan fingerprint density at radius 3 is 1.15 bits per heavy atom. The van der Waals surface area contributed by atoms with Crippen LogP contribution in [0.3, 0.4) is 0 Å². The summed E-state index contributed by atoms with van der Waals surface area (Å²) in [6.07, 6.45) is 12.0. The highest BCUT2D eigenvalue weighted by molar-refractivity contribution is 6.44. The van der Waals surface area contributed by atoms with E-state index in [1.165, 1.54) is 4.90 Å². The normalized spacial score (nSPS) is 13.7. The van der Waals surface area contributed by atoms with Crippen molar-refractivity contribution < 1.29 is 42.9 Å². The topological polar surface area (TPSA) is 141 Å². The van der Waals surface area contributed by atoms with Crippen LogP contribution < -0.4 is 29.2 Å². The average molecular weight is 1380 g/mol.